The van der Waals surface area contributed by atoms with Crippen molar-refractivity contribution in [1.29, 1.82) is 5.26 Å². The number of thiophene rings is 1. The summed E-state index contributed by atoms with van der Waals surface area (Å²) < 4.78 is 1.95. The van der Waals surface area contributed by atoms with Crippen LogP contribution in [-0.2, 0) is 24.2 Å². The molecule has 1 aromatic carbocycles. The summed E-state index contributed by atoms with van der Waals surface area (Å²) in [6.07, 6.45) is 5.95. The summed E-state index contributed by atoms with van der Waals surface area (Å²) >= 11 is 2.87. The molecule has 3 aromatic rings. The molecule has 0 atom stereocenters. The lowest BCUT2D eigenvalue weighted by Gasteiger charge is -2.09. The number of thioether (sulfide) groups is 1. The Labute approximate surface area is 183 Å². The zero-order chi connectivity index (χ0) is 20.9. The van der Waals surface area contributed by atoms with Gasteiger partial charge in [0.05, 0.1) is 11.3 Å². The SMILES string of the molecule is C=CCn1c(SCC(=O)Nc2sc3c(c2C#N)CCCC3)nnc1-c1ccccc1. The third-order valence-electron chi connectivity index (χ3n) is 4.93. The molecule has 1 aliphatic rings. The summed E-state index contributed by atoms with van der Waals surface area (Å²) in [7, 11) is 0. The van der Waals surface area contributed by atoms with Crippen LogP contribution in [0.25, 0.3) is 11.4 Å². The number of hydrogen-bond acceptors (Lipinski definition) is 6. The van der Waals surface area contributed by atoms with Crippen LogP contribution in [0.4, 0.5) is 5.00 Å². The van der Waals surface area contributed by atoms with Crippen LogP contribution < -0.4 is 5.32 Å². The molecule has 0 fully saturated rings. The third kappa shape index (κ3) is 4.18. The number of fused-ring (bicyclic) bond motifs is 1. The van der Waals surface area contributed by atoms with Gasteiger partial charge in [-0.1, -0.05) is 48.2 Å². The molecule has 0 unspecified atom stereocenters. The highest BCUT2D eigenvalue weighted by molar-refractivity contribution is 7.99. The third-order valence-corrected chi connectivity index (χ3v) is 7.10. The summed E-state index contributed by atoms with van der Waals surface area (Å²) in [4.78, 5) is 13.8. The topological polar surface area (TPSA) is 83.6 Å². The van der Waals surface area contributed by atoms with Crippen LogP contribution in [0.15, 0.2) is 48.1 Å². The monoisotopic (exact) mass is 435 g/mol. The smallest absolute Gasteiger partial charge is 0.235 e. The Balaban J connectivity index is 1.47. The molecule has 0 bridgehead atoms. The number of nitrogens with zero attached hydrogens (tertiary/aromatic N) is 4. The number of aryl methyl sites for hydroxylation is 1. The number of carbonyl (C=O) groups is 1. The molecule has 4 rings (SSSR count). The number of carbonyl (C=O) groups excluding carboxylic acids is 1. The lowest BCUT2D eigenvalue weighted by atomic mass is 9.96. The van der Waals surface area contributed by atoms with Gasteiger partial charge in [0.2, 0.25) is 5.91 Å². The molecule has 0 aliphatic heterocycles. The van der Waals surface area contributed by atoms with Gasteiger partial charge in [0.1, 0.15) is 11.1 Å². The van der Waals surface area contributed by atoms with Crippen molar-refractivity contribution in [3.8, 4) is 17.5 Å². The molecule has 0 saturated carbocycles. The van der Waals surface area contributed by atoms with Gasteiger partial charge in [0.25, 0.3) is 0 Å². The van der Waals surface area contributed by atoms with Gasteiger partial charge < -0.3 is 5.32 Å². The van der Waals surface area contributed by atoms with Crippen LogP contribution in [0.1, 0.15) is 28.8 Å². The average Bonchev–Trinajstić information content (AvgIpc) is 3.33. The summed E-state index contributed by atoms with van der Waals surface area (Å²) in [6, 6.07) is 12.1. The van der Waals surface area contributed by atoms with Crippen LogP contribution in [0.2, 0.25) is 0 Å². The highest BCUT2D eigenvalue weighted by Gasteiger charge is 2.22. The minimum Gasteiger partial charge on any atom is -0.316 e. The van der Waals surface area contributed by atoms with Crippen molar-refractivity contribution in [3.63, 3.8) is 0 Å². The fraction of sp³-hybridized carbons (Fsp3) is 0.273. The van der Waals surface area contributed by atoms with Crippen LogP contribution >= 0.6 is 23.1 Å². The zero-order valence-electron chi connectivity index (χ0n) is 16.4. The Kier molecular flexibility index (Phi) is 6.31. The first-order valence-corrected chi connectivity index (χ1v) is 11.6. The summed E-state index contributed by atoms with van der Waals surface area (Å²) in [6.45, 7) is 4.37. The maximum absolute atomic E-state index is 12.6. The number of hydrogen-bond donors (Lipinski definition) is 1. The number of allylic oxidation sites excluding steroid dienone is 1. The molecule has 30 heavy (non-hydrogen) atoms. The predicted molar refractivity (Wildman–Crippen MR) is 121 cm³/mol. The fourth-order valence-corrected chi connectivity index (χ4v) is 5.56. The molecule has 1 amide bonds. The van der Waals surface area contributed by atoms with Gasteiger partial charge >= 0.3 is 0 Å². The van der Waals surface area contributed by atoms with Gasteiger partial charge in [-0.15, -0.1) is 28.1 Å². The van der Waals surface area contributed by atoms with E-state index in [9.17, 15) is 10.1 Å². The van der Waals surface area contributed by atoms with Crippen molar-refractivity contribution in [2.24, 2.45) is 0 Å². The number of nitriles is 1. The van der Waals surface area contributed by atoms with Gasteiger partial charge in [-0.3, -0.25) is 9.36 Å². The standard InChI is InChI=1S/C22H21N5OS2/c1-2-12-27-20(15-8-4-3-5-9-15)25-26-22(27)29-14-19(28)24-21-17(13-23)16-10-6-7-11-18(16)30-21/h2-5,8-9H,1,6-7,10-12,14H2,(H,24,28). The molecule has 0 spiro atoms. The maximum Gasteiger partial charge on any atom is 0.235 e. The Bertz CT molecular complexity index is 1110. The van der Waals surface area contributed by atoms with E-state index in [2.05, 4.69) is 28.2 Å². The van der Waals surface area contributed by atoms with E-state index < -0.39 is 0 Å². The normalized spacial score (nSPS) is 12.8. The molecule has 1 N–H and O–H groups in total. The number of amides is 1. The van der Waals surface area contributed by atoms with E-state index >= 15 is 0 Å². The van der Waals surface area contributed by atoms with Gasteiger partial charge in [-0.05, 0) is 31.2 Å². The van der Waals surface area contributed by atoms with E-state index in [1.165, 1.54) is 28.0 Å². The van der Waals surface area contributed by atoms with Crippen LogP contribution in [-0.4, -0.2) is 26.4 Å². The number of anilines is 1. The first-order chi connectivity index (χ1) is 14.7. The Morgan fingerprint density at radius 3 is 2.87 bits per heavy atom. The molecular weight excluding hydrogens is 414 g/mol. The van der Waals surface area contributed by atoms with E-state index in [1.807, 2.05) is 34.9 Å². The van der Waals surface area contributed by atoms with E-state index in [0.717, 1.165) is 42.6 Å². The van der Waals surface area contributed by atoms with Crippen LogP contribution in [0.5, 0.6) is 0 Å². The second-order valence-electron chi connectivity index (χ2n) is 6.94. The van der Waals surface area contributed by atoms with Crippen molar-refractivity contribution in [1.82, 2.24) is 14.8 Å². The largest absolute Gasteiger partial charge is 0.316 e. The number of benzene rings is 1. The van der Waals surface area contributed by atoms with Crippen molar-refractivity contribution in [3.05, 3.63) is 59.0 Å². The maximum atomic E-state index is 12.6. The van der Waals surface area contributed by atoms with E-state index in [4.69, 9.17) is 0 Å². The van der Waals surface area contributed by atoms with Crippen molar-refractivity contribution in [2.45, 2.75) is 37.4 Å². The summed E-state index contributed by atoms with van der Waals surface area (Å²) in [5.74, 6) is 0.790. The molecule has 152 valence electrons. The molecule has 8 heteroatoms. The Hall–Kier alpha value is -2.89. The highest BCUT2D eigenvalue weighted by atomic mass is 32.2. The van der Waals surface area contributed by atoms with E-state index in [-0.39, 0.29) is 11.7 Å². The zero-order valence-corrected chi connectivity index (χ0v) is 18.1. The first-order valence-electron chi connectivity index (χ1n) is 9.78. The average molecular weight is 436 g/mol. The summed E-state index contributed by atoms with van der Waals surface area (Å²) in [5.41, 5.74) is 2.72. The highest BCUT2D eigenvalue weighted by Crippen LogP contribution is 2.37. The van der Waals surface area contributed by atoms with Crippen LogP contribution in [0.3, 0.4) is 0 Å². The second kappa shape index (κ2) is 9.28. The number of rotatable bonds is 7. The first kappa shape index (κ1) is 20.4. The predicted octanol–water partition coefficient (Wildman–Crippen LogP) is 4.67. The van der Waals surface area contributed by atoms with Crippen LogP contribution in [0, 0.1) is 11.3 Å². The number of aromatic nitrogens is 3. The molecule has 0 saturated heterocycles. The van der Waals surface area contributed by atoms with Gasteiger partial charge in [-0.2, -0.15) is 5.26 Å². The Morgan fingerprint density at radius 2 is 2.10 bits per heavy atom. The minimum atomic E-state index is -0.149. The molecule has 2 aromatic heterocycles. The van der Waals surface area contributed by atoms with Gasteiger partial charge in [-0.25, -0.2) is 0 Å². The molecular formula is C22H21N5OS2. The van der Waals surface area contributed by atoms with E-state index in [0.29, 0.717) is 22.3 Å². The fourth-order valence-electron chi connectivity index (χ4n) is 3.55. The van der Waals surface area contributed by atoms with E-state index in [1.54, 1.807) is 6.08 Å². The van der Waals surface area contributed by atoms with Crippen molar-refractivity contribution >= 4 is 34.0 Å². The summed E-state index contributed by atoms with van der Waals surface area (Å²) in [5, 5.41) is 22.4. The molecule has 2 heterocycles. The molecule has 6 nitrogen and oxygen atoms in total. The van der Waals surface area contributed by atoms with Gasteiger partial charge in [0, 0.05) is 17.0 Å². The molecule has 1 aliphatic carbocycles. The lowest BCUT2D eigenvalue weighted by Crippen LogP contribution is -2.14. The molecule has 0 radical (unpaired) electrons. The minimum absolute atomic E-state index is 0.149. The quantitative estimate of drug-likeness (QED) is 0.430. The van der Waals surface area contributed by atoms with Gasteiger partial charge in [0.15, 0.2) is 11.0 Å². The second-order valence-corrected chi connectivity index (χ2v) is 8.98. The Morgan fingerprint density at radius 1 is 1.30 bits per heavy atom. The number of nitrogens with one attached hydrogen (secondary N) is 1. The van der Waals surface area contributed by atoms with Crippen molar-refractivity contribution < 1.29 is 4.79 Å². The van der Waals surface area contributed by atoms with Crippen molar-refractivity contribution in [2.75, 3.05) is 11.1 Å². The lowest BCUT2D eigenvalue weighted by molar-refractivity contribution is -0.113.